The van der Waals surface area contributed by atoms with Gasteiger partial charge in [0, 0.05) is 17.3 Å². The van der Waals surface area contributed by atoms with Crippen LogP contribution in [0, 0.1) is 0 Å². The topological polar surface area (TPSA) is 83.0 Å². The van der Waals surface area contributed by atoms with Gasteiger partial charge >= 0.3 is 5.97 Å². The quantitative estimate of drug-likeness (QED) is 0.668. The molecule has 0 aliphatic rings. The minimum Gasteiger partial charge on any atom is -0.465 e. The molecule has 6 nitrogen and oxygen atoms in total. The first-order valence-electron chi connectivity index (χ1n) is 5.67. The predicted molar refractivity (Wildman–Crippen MR) is 80.5 cm³/mol. The van der Waals surface area contributed by atoms with Crippen molar-refractivity contribution < 1.29 is 9.53 Å². The fourth-order valence-electron chi connectivity index (χ4n) is 1.50. The van der Waals surface area contributed by atoms with Crippen molar-refractivity contribution in [2.75, 3.05) is 12.8 Å². The van der Waals surface area contributed by atoms with E-state index in [-0.39, 0.29) is 5.97 Å². The van der Waals surface area contributed by atoms with Crippen LogP contribution in [0.4, 0.5) is 5.95 Å². The smallest absolute Gasteiger partial charge is 0.337 e. The summed E-state index contributed by atoms with van der Waals surface area (Å²) < 4.78 is 7.25. The number of ether oxygens (including phenoxy) is 1. The van der Waals surface area contributed by atoms with Gasteiger partial charge < -0.3 is 10.5 Å². The number of nitrogens with two attached hydrogens (primary N) is 1. The van der Waals surface area contributed by atoms with Crippen LogP contribution < -0.4 is 5.73 Å². The number of aromatic nitrogens is 3. The highest BCUT2D eigenvalue weighted by Crippen LogP contribution is 2.27. The third-order valence-electron chi connectivity index (χ3n) is 2.70. The first-order valence-corrected chi connectivity index (χ1v) is 7.45. The molecule has 2 rings (SSSR count). The largest absolute Gasteiger partial charge is 0.465 e. The van der Waals surface area contributed by atoms with Gasteiger partial charge in [-0.3, -0.25) is 4.57 Å². The van der Waals surface area contributed by atoms with Gasteiger partial charge in [0.2, 0.25) is 5.95 Å². The first kappa shape index (κ1) is 14.9. The van der Waals surface area contributed by atoms with Crippen molar-refractivity contribution in [3.63, 3.8) is 0 Å². The Hall–Kier alpha value is -1.54. The second-order valence-corrected chi connectivity index (χ2v) is 5.78. The van der Waals surface area contributed by atoms with Crippen LogP contribution in [0.3, 0.4) is 0 Å². The fraction of sp³-hybridized carbons (Fsp3) is 0.250. The van der Waals surface area contributed by atoms with Crippen molar-refractivity contribution in [3.8, 4) is 0 Å². The molecule has 1 heterocycles. The molecule has 0 aliphatic carbocycles. The van der Waals surface area contributed by atoms with Gasteiger partial charge in [0.25, 0.3) is 0 Å². The van der Waals surface area contributed by atoms with Gasteiger partial charge in [-0.05, 0) is 17.7 Å². The van der Waals surface area contributed by atoms with E-state index < -0.39 is 0 Å². The zero-order valence-electron chi connectivity index (χ0n) is 11.0. The molecule has 2 aromatic rings. The molecule has 8 heteroatoms. The van der Waals surface area contributed by atoms with Gasteiger partial charge in [-0.1, -0.05) is 33.8 Å². The summed E-state index contributed by atoms with van der Waals surface area (Å²) in [5, 5.41) is 8.52. The number of thioether (sulfide) groups is 1. The maximum Gasteiger partial charge on any atom is 0.337 e. The molecule has 0 bridgehead atoms. The Bertz CT molecular complexity index is 644. The highest BCUT2D eigenvalue weighted by atomic mass is 79.9. The number of carbonyl (C=O) groups is 1. The minimum absolute atomic E-state index is 0.356. The number of rotatable bonds is 4. The van der Waals surface area contributed by atoms with Crippen molar-refractivity contribution >= 4 is 39.6 Å². The highest BCUT2D eigenvalue weighted by molar-refractivity contribution is 9.10. The van der Waals surface area contributed by atoms with Crippen molar-refractivity contribution in [2.45, 2.75) is 10.9 Å². The molecule has 0 radical (unpaired) electrons. The van der Waals surface area contributed by atoms with Crippen LogP contribution in [0.1, 0.15) is 15.9 Å². The maximum absolute atomic E-state index is 11.4. The van der Waals surface area contributed by atoms with Crippen LogP contribution in [0.25, 0.3) is 0 Å². The Balaban J connectivity index is 2.10. The van der Waals surface area contributed by atoms with E-state index in [1.54, 1.807) is 16.7 Å². The standard InChI is InChI=1S/C12H13BrN4O2S/c1-17-11(14)15-16-12(17)20-6-8-4-3-7(5-9(8)13)10(18)19-2/h3-5H,6H2,1-2H3,(H2,14,15). The molecule has 1 aromatic heterocycles. The molecular weight excluding hydrogens is 344 g/mol. The van der Waals surface area contributed by atoms with Crippen LogP contribution >= 0.6 is 27.7 Å². The Kier molecular flexibility index (Phi) is 4.66. The van der Waals surface area contributed by atoms with E-state index in [4.69, 9.17) is 5.73 Å². The number of hydrogen-bond acceptors (Lipinski definition) is 6. The summed E-state index contributed by atoms with van der Waals surface area (Å²) in [5.41, 5.74) is 7.18. The lowest BCUT2D eigenvalue weighted by molar-refractivity contribution is 0.0600. The summed E-state index contributed by atoms with van der Waals surface area (Å²) >= 11 is 4.97. The van der Waals surface area contributed by atoms with E-state index in [9.17, 15) is 4.79 Å². The summed E-state index contributed by atoms with van der Waals surface area (Å²) in [4.78, 5) is 11.4. The normalized spacial score (nSPS) is 10.6. The number of carbonyl (C=O) groups excluding carboxylic acids is 1. The zero-order valence-corrected chi connectivity index (χ0v) is 13.4. The number of hydrogen-bond donors (Lipinski definition) is 1. The molecule has 20 heavy (non-hydrogen) atoms. The van der Waals surface area contributed by atoms with E-state index in [1.807, 2.05) is 13.1 Å². The lowest BCUT2D eigenvalue weighted by atomic mass is 10.1. The van der Waals surface area contributed by atoms with Gasteiger partial charge in [0.05, 0.1) is 12.7 Å². The molecule has 0 amide bonds. The molecule has 0 atom stereocenters. The number of anilines is 1. The number of nitrogen functional groups attached to an aromatic ring is 1. The number of halogens is 1. The molecule has 0 fully saturated rings. The molecule has 0 saturated carbocycles. The highest BCUT2D eigenvalue weighted by Gasteiger charge is 2.11. The average Bonchev–Trinajstić information content (AvgIpc) is 2.76. The van der Waals surface area contributed by atoms with Crippen LogP contribution in [0.2, 0.25) is 0 Å². The average molecular weight is 357 g/mol. The third kappa shape index (κ3) is 3.13. The molecule has 0 aliphatic heterocycles. The van der Waals surface area contributed by atoms with Gasteiger partial charge in [-0.15, -0.1) is 10.2 Å². The molecule has 2 N–H and O–H groups in total. The van der Waals surface area contributed by atoms with Gasteiger partial charge in [-0.25, -0.2) is 4.79 Å². The maximum atomic E-state index is 11.4. The lowest BCUT2D eigenvalue weighted by Crippen LogP contribution is -2.01. The second-order valence-electron chi connectivity index (χ2n) is 3.99. The van der Waals surface area contributed by atoms with E-state index in [0.29, 0.717) is 17.3 Å². The predicted octanol–water partition coefficient (Wildman–Crippen LogP) is 2.24. The Morgan fingerprint density at radius 2 is 2.25 bits per heavy atom. The monoisotopic (exact) mass is 356 g/mol. The number of esters is 1. The van der Waals surface area contributed by atoms with E-state index in [2.05, 4.69) is 30.9 Å². The summed E-state index contributed by atoms with van der Waals surface area (Å²) in [6.45, 7) is 0. The zero-order chi connectivity index (χ0) is 14.7. The molecular formula is C12H13BrN4O2S. The van der Waals surface area contributed by atoms with Gasteiger partial charge in [0.15, 0.2) is 5.16 Å². The minimum atomic E-state index is -0.356. The van der Waals surface area contributed by atoms with Gasteiger partial charge in [0.1, 0.15) is 0 Å². The number of benzene rings is 1. The van der Waals surface area contributed by atoms with E-state index >= 15 is 0 Å². The van der Waals surface area contributed by atoms with Crippen LogP contribution in [0.5, 0.6) is 0 Å². The molecule has 1 aromatic carbocycles. The number of nitrogens with zero attached hydrogens (tertiary/aromatic N) is 3. The van der Waals surface area contributed by atoms with Crippen LogP contribution in [-0.4, -0.2) is 27.8 Å². The van der Waals surface area contributed by atoms with E-state index in [0.717, 1.165) is 15.2 Å². The Labute approximate surface area is 128 Å². The lowest BCUT2D eigenvalue weighted by Gasteiger charge is -2.06. The molecule has 0 saturated heterocycles. The third-order valence-corrected chi connectivity index (χ3v) is 4.51. The first-order chi connectivity index (χ1) is 9.52. The number of methoxy groups -OCH3 is 1. The summed E-state index contributed by atoms with van der Waals surface area (Å²) in [7, 11) is 3.17. The van der Waals surface area contributed by atoms with Crippen LogP contribution in [-0.2, 0) is 17.5 Å². The summed E-state index contributed by atoms with van der Waals surface area (Å²) in [6.07, 6.45) is 0. The van der Waals surface area contributed by atoms with Crippen molar-refractivity contribution in [2.24, 2.45) is 7.05 Å². The van der Waals surface area contributed by atoms with Crippen LogP contribution in [0.15, 0.2) is 27.8 Å². The van der Waals surface area contributed by atoms with Crippen molar-refractivity contribution in [1.82, 2.24) is 14.8 Å². The Morgan fingerprint density at radius 1 is 1.50 bits per heavy atom. The van der Waals surface area contributed by atoms with Gasteiger partial charge in [-0.2, -0.15) is 0 Å². The van der Waals surface area contributed by atoms with Crippen molar-refractivity contribution in [1.29, 1.82) is 0 Å². The second kappa shape index (κ2) is 6.27. The Morgan fingerprint density at radius 3 is 2.80 bits per heavy atom. The molecule has 0 unspecified atom stereocenters. The van der Waals surface area contributed by atoms with E-state index in [1.165, 1.54) is 18.9 Å². The SMILES string of the molecule is COC(=O)c1ccc(CSc2nnc(N)n2C)c(Br)c1. The summed E-state index contributed by atoms with van der Waals surface area (Å²) in [6, 6.07) is 5.35. The summed E-state index contributed by atoms with van der Waals surface area (Å²) in [5.74, 6) is 0.715. The fourth-order valence-corrected chi connectivity index (χ4v) is 3.13. The van der Waals surface area contributed by atoms with Crippen molar-refractivity contribution in [3.05, 3.63) is 33.8 Å². The molecule has 106 valence electrons. The molecule has 0 spiro atoms.